The first-order valence-electron chi connectivity index (χ1n) is 10.7. The lowest BCUT2D eigenvalue weighted by Crippen LogP contribution is -2.22. The molecule has 1 aliphatic rings. The van der Waals surface area contributed by atoms with Crippen LogP contribution in [0.15, 0.2) is 64.1 Å². The Kier molecular flexibility index (Phi) is 6.35. The van der Waals surface area contributed by atoms with E-state index in [0.29, 0.717) is 53.5 Å². The van der Waals surface area contributed by atoms with E-state index in [4.69, 9.17) is 9.15 Å². The van der Waals surface area contributed by atoms with Gasteiger partial charge in [-0.25, -0.2) is 5.43 Å². The second-order valence-corrected chi connectivity index (χ2v) is 7.46. The number of nitrogens with one attached hydrogen (secondary N) is 2. The molecule has 0 unspecified atom stereocenters. The number of aryl methyl sites for hydroxylation is 1. The number of hydrazone groups is 1. The van der Waals surface area contributed by atoms with Gasteiger partial charge in [0.1, 0.15) is 11.5 Å². The van der Waals surface area contributed by atoms with E-state index >= 15 is 0 Å². The number of para-hydroxylation sites is 2. The van der Waals surface area contributed by atoms with Crippen molar-refractivity contribution in [2.75, 3.05) is 11.9 Å². The maximum Gasteiger partial charge on any atom is 0.291 e. The van der Waals surface area contributed by atoms with Crippen LogP contribution >= 0.6 is 0 Å². The lowest BCUT2D eigenvalue weighted by molar-refractivity contribution is 0.0953. The molecule has 1 heterocycles. The van der Waals surface area contributed by atoms with Crippen LogP contribution < -0.4 is 15.5 Å². The molecule has 4 rings (SSSR count). The van der Waals surface area contributed by atoms with Crippen LogP contribution in [0.2, 0.25) is 0 Å². The van der Waals surface area contributed by atoms with Gasteiger partial charge in [0.05, 0.1) is 18.0 Å². The van der Waals surface area contributed by atoms with Gasteiger partial charge < -0.3 is 14.5 Å². The third-order valence-electron chi connectivity index (χ3n) is 5.30. The molecule has 0 saturated carbocycles. The zero-order valence-corrected chi connectivity index (χ0v) is 18.1. The van der Waals surface area contributed by atoms with Gasteiger partial charge in [0, 0.05) is 23.1 Å². The lowest BCUT2D eigenvalue weighted by atomic mass is 9.93. The summed E-state index contributed by atoms with van der Waals surface area (Å²) in [6.07, 6.45) is 2.23. The molecule has 32 heavy (non-hydrogen) atoms. The van der Waals surface area contributed by atoms with Gasteiger partial charge in [0.25, 0.3) is 11.8 Å². The van der Waals surface area contributed by atoms with Crippen molar-refractivity contribution in [1.82, 2.24) is 5.43 Å². The summed E-state index contributed by atoms with van der Waals surface area (Å²) in [4.78, 5) is 25.4. The average Bonchev–Trinajstić information content (AvgIpc) is 3.16. The number of ether oxygens (including phenoxy) is 1. The highest BCUT2D eigenvalue weighted by atomic mass is 16.5. The molecule has 0 radical (unpaired) electrons. The zero-order valence-electron chi connectivity index (χ0n) is 18.1. The molecule has 1 aromatic heterocycles. The van der Waals surface area contributed by atoms with Crippen molar-refractivity contribution < 1.29 is 18.7 Å². The molecule has 0 fully saturated rings. The maximum absolute atomic E-state index is 13.0. The number of hydrogen-bond donors (Lipinski definition) is 2. The van der Waals surface area contributed by atoms with E-state index in [1.807, 2.05) is 32.0 Å². The first-order chi connectivity index (χ1) is 15.6. The van der Waals surface area contributed by atoms with Crippen molar-refractivity contribution in [2.24, 2.45) is 5.10 Å². The molecule has 2 N–H and O–H groups in total. The van der Waals surface area contributed by atoms with Crippen molar-refractivity contribution in [3.8, 4) is 5.75 Å². The lowest BCUT2D eigenvalue weighted by Gasteiger charge is -2.13. The van der Waals surface area contributed by atoms with Crippen LogP contribution in [0.4, 0.5) is 5.69 Å². The van der Waals surface area contributed by atoms with Crippen molar-refractivity contribution >= 4 is 23.2 Å². The van der Waals surface area contributed by atoms with E-state index in [9.17, 15) is 9.59 Å². The molecule has 7 nitrogen and oxygen atoms in total. The summed E-state index contributed by atoms with van der Waals surface area (Å²) in [6, 6.07) is 16.2. The fraction of sp³-hybridized carbons (Fsp3) is 0.240. The fourth-order valence-corrected chi connectivity index (χ4v) is 3.80. The Labute approximate surface area is 186 Å². The van der Waals surface area contributed by atoms with Crippen LogP contribution in [-0.2, 0) is 6.42 Å². The number of anilines is 1. The van der Waals surface area contributed by atoms with Gasteiger partial charge in [-0.1, -0.05) is 30.3 Å². The van der Waals surface area contributed by atoms with Gasteiger partial charge in [-0.15, -0.1) is 0 Å². The molecule has 0 bridgehead atoms. The van der Waals surface area contributed by atoms with E-state index in [1.165, 1.54) is 0 Å². The van der Waals surface area contributed by atoms with Gasteiger partial charge in [-0.2, -0.15) is 5.10 Å². The minimum Gasteiger partial charge on any atom is -0.492 e. The van der Waals surface area contributed by atoms with E-state index < -0.39 is 0 Å². The third kappa shape index (κ3) is 4.42. The Morgan fingerprint density at radius 3 is 2.56 bits per heavy atom. The summed E-state index contributed by atoms with van der Waals surface area (Å²) in [5.41, 5.74) is 5.96. The quantitative estimate of drug-likeness (QED) is 0.553. The number of furan rings is 1. The Balaban J connectivity index is 1.57. The third-order valence-corrected chi connectivity index (χ3v) is 5.30. The number of carbonyl (C=O) groups excluding carboxylic acids is 2. The molecular weight excluding hydrogens is 406 g/mol. The highest BCUT2D eigenvalue weighted by Gasteiger charge is 2.28. The van der Waals surface area contributed by atoms with Crippen LogP contribution in [0.5, 0.6) is 5.75 Å². The Hall–Kier alpha value is -3.87. The van der Waals surface area contributed by atoms with Gasteiger partial charge in [-0.05, 0) is 51.0 Å². The summed E-state index contributed by atoms with van der Waals surface area (Å²) >= 11 is 0. The van der Waals surface area contributed by atoms with Crippen LogP contribution in [0.25, 0.3) is 0 Å². The average molecular weight is 431 g/mol. The largest absolute Gasteiger partial charge is 0.492 e. The number of fused-ring (bicyclic) bond motifs is 1. The first kappa shape index (κ1) is 21.4. The highest BCUT2D eigenvalue weighted by molar-refractivity contribution is 6.10. The molecule has 0 spiro atoms. The highest BCUT2D eigenvalue weighted by Crippen LogP contribution is 2.31. The second kappa shape index (κ2) is 9.51. The van der Waals surface area contributed by atoms with E-state index in [2.05, 4.69) is 15.8 Å². The van der Waals surface area contributed by atoms with Crippen molar-refractivity contribution in [2.45, 2.75) is 33.1 Å². The molecule has 0 atom stereocenters. The summed E-state index contributed by atoms with van der Waals surface area (Å²) in [6.45, 7) is 4.22. The van der Waals surface area contributed by atoms with E-state index in [-0.39, 0.29) is 17.6 Å². The Morgan fingerprint density at radius 2 is 1.78 bits per heavy atom. The maximum atomic E-state index is 13.0. The molecule has 1 aliphatic carbocycles. The van der Waals surface area contributed by atoms with Crippen LogP contribution in [0, 0.1) is 6.92 Å². The normalized spacial score (nSPS) is 14.0. The number of nitrogens with zero attached hydrogens (tertiary/aromatic N) is 1. The fourth-order valence-electron chi connectivity index (χ4n) is 3.80. The molecule has 2 amide bonds. The predicted octanol–water partition coefficient (Wildman–Crippen LogP) is 4.71. The van der Waals surface area contributed by atoms with E-state index in [1.54, 1.807) is 36.4 Å². The van der Waals surface area contributed by atoms with Crippen molar-refractivity contribution in [3.05, 3.63) is 82.8 Å². The molecule has 0 aliphatic heterocycles. The molecule has 3 aromatic rings. The van der Waals surface area contributed by atoms with Crippen molar-refractivity contribution in [3.63, 3.8) is 0 Å². The molecule has 0 saturated heterocycles. The van der Waals surface area contributed by atoms with Gasteiger partial charge in [0.15, 0.2) is 5.76 Å². The number of carbonyl (C=O) groups is 2. The number of hydrogen-bond acceptors (Lipinski definition) is 5. The number of rotatable bonds is 6. The second-order valence-electron chi connectivity index (χ2n) is 7.46. The topological polar surface area (TPSA) is 92.9 Å². The minimum atomic E-state index is -0.350. The summed E-state index contributed by atoms with van der Waals surface area (Å²) in [5.74, 6) is 0.923. The molecule has 164 valence electrons. The zero-order chi connectivity index (χ0) is 22.5. The SMILES string of the molecule is CCOc1ccccc1NC(=O)c1oc2c(c1C)/C(=N/NC(=O)c1ccccc1)CCC2. The standard InChI is InChI=1S/C25H25N3O4/c1-3-31-20-14-8-7-12-18(20)26-25(30)23-16(2)22-19(13-9-15-21(22)32-23)27-28-24(29)17-10-5-4-6-11-17/h4-8,10-12,14H,3,9,13,15H2,1-2H3,(H,26,30)(H,28,29)/b27-19+. The minimum absolute atomic E-state index is 0.241. The van der Waals surface area contributed by atoms with Crippen LogP contribution in [0.1, 0.15) is 57.6 Å². The summed E-state index contributed by atoms with van der Waals surface area (Å²) in [7, 11) is 0. The molecule has 7 heteroatoms. The van der Waals surface area contributed by atoms with E-state index in [0.717, 1.165) is 12.0 Å². The van der Waals surface area contributed by atoms with Crippen LogP contribution in [0.3, 0.4) is 0 Å². The Morgan fingerprint density at radius 1 is 1.03 bits per heavy atom. The van der Waals surface area contributed by atoms with Crippen LogP contribution in [-0.4, -0.2) is 24.1 Å². The molecular formula is C25H25N3O4. The monoisotopic (exact) mass is 431 g/mol. The van der Waals surface area contributed by atoms with Gasteiger partial charge in [0.2, 0.25) is 0 Å². The smallest absolute Gasteiger partial charge is 0.291 e. The summed E-state index contributed by atoms with van der Waals surface area (Å²) in [5, 5.41) is 7.24. The van der Waals surface area contributed by atoms with Crippen molar-refractivity contribution in [1.29, 1.82) is 0 Å². The van der Waals surface area contributed by atoms with Gasteiger partial charge in [-0.3, -0.25) is 9.59 Å². The van der Waals surface area contributed by atoms with Gasteiger partial charge >= 0.3 is 0 Å². The molecule has 2 aromatic carbocycles. The number of amides is 2. The Bertz CT molecular complexity index is 1170. The predicted molar refractivity (Wildman–Crippen MR) is 122 cm³/mol. The first-order valence-corrected chi connectivity index (χ1v) is 10.7. The summed E-state index contributed by atoms with van der Waals surface area (Å²) < 4.78 is 11.5. The number of benzene rings is 2.